The summed E-state index contributed by atoms with van der Waals surface area (Å²) in [5.74, 6) is 0.678. The Morgan fingerprint density at radius 2 is 1.90 bits per heavy atom. The van der Waals surface area contributed by atoms with Gasteiger partial charge >= 0.3 is 0 Å². The second-order valence-electron chi connectivity index (χ2n) is 5.98. The van der Waals surface area contributed by atoms with Crippen LogP contribution < -0.4 is 10.0 Å². The summed E-state index contributed by atoms with van der Waals surface area (Å²) in [6.45, 7) is 0. The van der Waals surface area contributed by atoms with E-state index in [1.807, 2.05) is 0 Å². The highest BCUT2D eigenvalue weighted by Crippen LogP contribution is 2.54. The highest BCUT2D eigenvalue weighted by molar-refractivity contribution is 7.92. The number of rotatable bonds is 4. The van der Waals surface area contributed by atoms with E-state index in [2.05, 4.69) is 10.0 Å². The number of nitrogens with one attached hydrogen (secondary N) is 2. The number of carbonyl (C=O) groups is 1. The van der Waals surface area contributed by atoms with Crippen molar-refractivity contribution in [3.8, 4) is 0 Å². The fourth-order valence-corrected chi connectivity index (χ4v) is 3.61. The summed E-state index contributed by atoms with van der Waals surface area (Å²) >= 11 is 0. The van der Waals surface area contributed by atoms with Gasteiger partial charge in [-0.15, -0.1) is 0 Å². The van der Waals surface area contributed by atoms with Gasteiger partial charge in [-0.3, -0.25) is 9.52 Å². The van der Waals surface area contributed by atoms with Gasteiger partial charge in [-0.05, 0) is 49.3 Å². The maximum atomic E-state index is 13.6. The Labute approximate surface area is 123 Å². The van der Waals surface area contributed by atoms with Gasteiger partial charge in [0.1, 0.15) is 5.82 Å². The minimum atomic E-state index is -3.56. The lowest BCUT2D eigenvalue weighted by Crippen LogP contribution is -2.21. The van der Waals surface area contributed by atoms with Crippen LogP contribution in [0.25, 0.3) is 0 Å². The maximum absolute atomic E-state index is 13.6. The lowest BCUT2D eigenvalue weighted by molar-refractivity contribution is -0.120. The van der Waals surface area contributed by atoms with Crippen LogP contribution in [0.15, 0.2) is 18.2 Å². The molecule has 2 N–H and O–H groups in total. The smallest absolute Gasteiger partial charge is 0.229 e. The van der Waals surface area contributed by atoms with Gasteiger partial charge in [0, 0.05) is 11.6 Å². The largest absolute Gasteiger partial charge is 0.326 e. The molecule has 0 spiro atoms. The molecule has 5 nitrogen and oxygen atoms in total. The van der Waals surface area contributed by atoms with Gasteiger partial charge in [0.05, 0.1) is 11.9 Å². The minimum absolute atomic E-state index is 0.0186. The average molecular weight is 312 g/mol. The lowest BCUT2D eigenvalue weighted by Gasteiger charge is -2.13. The van der Waals surface area contributed by atoms with Crippen molar-refractivity contribution < 1.29 is 17.6 Å². The van der Waals surface area contributed by atoms with E-state index in [-0.39, 0.29) is 17.5 Å². The molecule has 0 saturated heterocycles. The van der Waals surface area contributed by atoms with E-state index in [0.717, 1.165) is 25.2 Å². The van der Waals surface area contributed by atoms with Crippen LogP contribution in [0.5, 0.6) is 0 Å². The zero-order valence-corrected chi connectivity index (χ0v) is 12.4. The first-order chi connectivity index (χ1) is 9.82. The van der Waals surface area contributed by atoms with Gasteiger partial charge in [-0.1, -0.05) is 0 Å². The Bertz CT molecular complexity index is 679. The van der Waals surface area contributed by atoms with Crippen molar-refractivity contribution in [2.24, 2.45) is 17.8 Å². The Balaban J connectivity index is 1.70. The summed E-state index contributed by atoms with van der Waals surface area (Å²) in [6.07, 6.45) is 4.03. The van der Waals surface area contributed by atoms with E-state index in [1.165, 1.54) is 18.6 Å². The number of amides is 1. The molecule has 7 heteroatoms. The van der Waals surface area contributed by atoms with E-state index in [4.69, 9.17) is 0 Å². The Morgan fingerprint density at radius 3 is 2.52 bits per heavy atom. The van der Waals surface area contributed by atoms with Crippen LogP contribution >= 0.6 is 0 Å². The third kappa shape index (κ3) is 3.34. The molecular weight excluding hydrogens is 295 g/mol. The van der Waals surface area contributed by atoms with E-state index in [0.29, 0.717) is 17.5 Å². The van der Waals surface area contributed by atoms with E-state index < -0.39 is 15.8 Å². The third-order valence-corrected chi connectivity index (χ3v) is 4.73. The number of halogens is 1. The number of sulfonamides is 1. The Hall–Kier alpha value is -1.63. The van der Waals surface area contributed by atoms with Crippen molar-refractivity contribution >= 4 is 27.3 Å². The number of hydrogen-bond acceptors (Lipinski definition) is 3. The van der Waals surface area contributed by atoms with Gasteiger partial charge < -0.3 is 5.32 Å². The molecule has 2 unspecified atom stereocenters. The quantitative estimate of drug-likeness (QED) is 0.895. The summed E-state index contributed by atoms with van der Waals surface area (Å²) < 4.78 is 38.0. The minimum Gasteiger partial charge on any atom is -0.326 e. The first kappa shape index (κ1) is 14.3. The monoisotopic (exact) mass is 312 g/mol. The maximum Gasteiger partial charge on any atom is 0.229 e. The van der Waals surface area contributed by atoms with Crippen LogP contribution in [0, 0.1) is 23.6 Å². The zero-order chi connectivity index (χ0) is 15.2. The van der Waals surface area contributed by atoms with Crippen molar-refractivity contribution in [1.82, 2.24) is 0 Å². The summed E-state index contributed by atoms with van der Waals surface area (Å²) in [5, 5.41) is 2.74. The molecule has 0 aromatic heterocycles. The van der Waals surface area contributed by atoms with Gasteiger partial charge in [0.2, 0.25) is 15.9 Å². The second kappa shape index (κ2) is 4.98. The molecule has 2 aliphatic rings. The summed E-state index contributed by atoms with van der Waals surface area (Å²) in [5.41, 5.74) is 0.234. The van der Waals surface area contributed by atoms with Crippen molar-refractivity contribution in [2.75, 3.05) is 16.3 Å². The van der Waals surface area contributed by atoms with Crippen LogP contribution in [0.3, 0.4) is 0 Å². The van der Waals surface area contributed by atoms with Crippen molar-refractivity contribution in [2.45, 2.75) is 19.3 Å². The fourth-order valence-electron chi connectivity index (χ4n) is 3.05. The van der Waals surface area contributed by atoms with Gasteiger partial charge in [0.25, 0.3) is 0 Å². The molecule has 0 heterocycles. The SMILES string of the molecule is CS(=O)(=O)Nc1cc(NC(=O)C2CC3CC3C2)ccc1F. The molecule has 2 fully saturated rings. The molecule has 114 valence electrons. The summed E-state index contributed by atoms with van der Waals surface area (Å²) in [4.78, 5) is 12.1. The molecule has 1 aromatic carbocycles. The Morgan fingerprint density at radius 1 is 1.24 bits per heavy atom. The van der Waals surface area contributed by atoms with E-state index in [9.17, 15) is 17.6 Å². The lowest BCUT2D eigenvalue weighted by atomic mass is 10.0. The number of benzene rings is 1. The summed E-state index contributed by atoms with van der Waals surface area (Å²) in [7, 11) is -3.56. The molecule has 0 aliphatic heterocycles. The van der Waals surface area contributed by atoms with Gasteiger partial charge in [0.15, 0.2) is 0 Å². The van der Waals surface area contributed by atoms with Crippen molar-refractivity contribution in [3.63, 3.8) is 0 Å². The molecule has 1 amide bonds. The molecule has 2 atom stereocenters. The molecule has 2 aliphatic carbocycles. The number of fused-ring (bicyclic) bond motifs is 1. The molecule has 2 saturated carbocycles. The van der Waals surface area contributed by atoms with Crippen molar-refractivity contribution in [1.29, 1.82) is 0 Å². The number of carbonyl (C=O) groups excluding carboxylic acids is 1. The number of hydrogen-bond donors (Lipinski definition) is 2. The molecule has 1 aromatic rings. The van der Waals surface area contributed by atoms with Crippen molar-refractivity contribution in [3.05, 3.63) is 24.0 Å². The molecule has 0 radical (unpaired) electrons. The standard InChI is InChI=1S/C14H17FN2O3S/c1-21(19,20)17-13-7-11(2-3-12(13)15)16-14(18)10-5-8-4-9(8)6-10/h2-3,7-10,17H,4-6H2,1H3,(H,16,18). The van der Waals surface area contributed by atoms with Crippen LogP contribution in [0.1, 0.15) is 19.3 Å². The number of anilines is 2. The molecule has 21 heavy (non-hydrogen) atoms. The normalized spacial score (nSPS) is 27.0. The van der Waals surface area contributed by atoms with Crippen LogP contribution in [0.2, 0.25) is 0 Å². The predicted octanol–water partition coefficient (Wildman–Crippen LogP) is 2.18. The molecular formula is C14H17FN2O3S. The molecule has 3 rings (SSSR count). The summed E-state index contributed by atoms with van der Waals surface area (Å²) in [6, 6.07) is 3.86. The first-order valence-electron chi connectivity index (χ1n) is 6.90. The average Bonchev–Trinajstić information content (AvgIpc) is 2.98. The first-order valence-corrected chi connectivity index (χ1v) is 8.79. The highest BCUT2D eigenvalue weighted by Gasteiger charge is 2.47. The van der Waals surface area contributed by atoms with E-state index in [1.54, 1.807) is 0 Å². The molecule has 0 bridgehead atoms. The van der Waals surface area contributed by atoms with Gasteiger partial charge in [-0.25, -0.2) is 12.8 Å². The van der Waals surface area contributed by atoms with Crippen LogP contribution in [0.4, 0.5) is 15.8 Å². The van der Waals surface area contributed by atoms with Gasteiger partial charge in [-0.2, -0.15) is 0 Å². The third-order valence-electron chi connectivity index (χ3n) is 4.14. The predicted molar refractivity (Wildman–Crippen MR) is 77.8 cm³/mol. The second-order valence-corrected chi connectivity index (χ2v) is 7.73. The van der Waals surface area contributed by atoms with E-state index >= 15 is 0 Å². The zero-order valence-electron chi connectivity index (χ0n) is 11.6. The fraction of sp³-hybridized carbons (Fsp3) is 0.500. The Kier molecular flexibility index (Phi) is 3.39. The highest BCUT2D eigenvalue weighted by atomic mass is 32.2. The van der Waals surface area contributed by atoms with Crippen LogP contribution in [-0.4, -0.2) is 20.6 Å². The topological polar surface area (TPSA) is 75.3 Å². The van der Waals surface area contributed by atoms with Crippen LogP contribution in [-0.2, 0) is 14.8 Å².